The van der Waals surface area contributed by atoms with Crippen LogP contribution in [0, 0.1) is 5.92 Å². The molecule has 1 fully saturated rings. The average molecular weight is 286 g/mol. The van der Waals surface area contributed by atoms with Crippen LogP contribution in [-0.4, -0.2) is 43.1 Å². The van der Waals surface area contributed by atoms with Crippen molar-refractivity contribution in [1.82, 2.24) is 9.88 Å². The third kappa shape index (κ3) is 3.27. The average Bonchev–Trinajstić information content (AvgIpc) is 3.03. The molecule has 0 aliphatic carbocycles. The summed E-state index contributed by atoms with van der Waals surface area (Å²) in [5.74, 6) is 0.272. The van der Waals surface area contributed by atoms with Crippen molar-refractivity contribution < 1.29 is 9.53 Å². The maximum Gasteiger partial charge on any atom is 0.306 e. The number of carbonyl (C=O) groups is 1. The smallest absolute Gasteiger partial charge is 0.306 e. The van der Waals surface area contributed by atoms with Crippen molar-refractivity contribution >= 4 is 16.9 Å². The van der Waals surface area contributed by atoms with Crippen molar-refractivity contribution in [2.24, 2.45) is 5.92 Å². The van der Waals surface area contributed by atoms with E-state index in [1.165, 1.54) is 22.0 Å². The number of fused-ring (bicyclic) bond motifs is 1. The Balaban J connectivity index is 1.77. The first-order valence-electron chi connectivity index (χ1n) is 7.51. The predicted octanol–water partition coefficient (Wildman–Crippen LogP) is 2.38. The summed E-state index contributed by atoms with van der Waals surface area (Å²) in [6, 6.07) is 6.55. The van der Waals surface area contributed by atoms with E-state index < -0.39 is 0 Å². The van der Waals surface area contributed by atoms with Crippen molar-refractivity contribution in [3.8, 4) is 0 Å². The van der Waals surface area contributed by atoms with E-state index in [-0.39, 0.29) is 5.97 Å². The lowest BCUT2D eigenvalue weighted by Gasteiger charge is -2.09. The van der Waals surface area contributed by atoms with Crippen LogP contribution in [0.15, 0.2) is 24.4 Å². The van der Waals surface area contributed by atoms with E-state index in [1.54, 1.807) is 0 Å². The van der Waals surface area contributed by atoms with Crippen molar-refractivity contribution in [3.05, 3.63) is 35.5 Å². The quantitative estimate of drug-likeness (QED) is 0.858. The van der Waals surface area contributed by atoms with E-state index in [9.17, 15) is 4.79 Å². The lowest BCUT2D eigenvalue weighted by atomic mass is 9.97. The molecular formula is C17H22N2O2. The van der Waals surface area contributed by atoms with Crippen molar-refractivity contribution in [2.75, 3.05) is 27.2 Å². The highest BCUT2D eigenvalue weighted by Crippen LogP contribution is 2.24. The first-order chi connectivity index (χ1) is 10.1. The Bertz CT molecular complexity index is 645. The van der Waals surface area contributed by atoms with E-state index in [0.29, 0.717) is 18.9 Å². The van der Waals surface area contributed by atoms with Gasteiger partial charge in [-0.1, -0.05) is 6.07 Å². The minimum Gasteiger partial charge on any atom is -0.465 e. The zero-order valence-electron chi connectivity index (χ0n) is 12.7. The number of rotatable bonds is 5. The monoisotopic (exact) mass is 286 g/mol. The molecule has 1 aliphatic heterocycles. The van der Waals surface area contributed by atoms with Gasteiger partial charge in [0, 0.05) is 29.6 Å². The molecule has 1 aliphatic rings. The Kier molecular flexibility index (Phi) is 3.97. The molecule has 21 heavy (non-hydrogen) atoms. The Labute approximate surface area is 125 Å². The number of ether oxygens (including phenoxy) is 1. The number of aromatic amines is 1. The molecule has 0 radical (unpaired) electrons. The highest BCUT2D eigenvalue weighted by atomic mass is 16.5. The Morgan fingerprint density at radius 1 is 1.38 bits per heavy atom. The van der Waals surface area contributed by atoms with Crippen LogP contribution in [0.4, 0.5) is 0 Å². The standard InChI is InChI=1S/C17H22N2O2/c1-19(2)6-5-14-10-18-16-4-3-12(8-15(14)16)7-13-9-17(20)21-11-13/h3-4,8,10,13,18H,5-7,9,11H2,1-2H3/t13-/m1/s1. The number of nitrogens with zero attached hydrogens (tertiary/aromatic N) is 1. The molecule has 1 aromatic heterocycles. The minimum absolute atomic E-state index is 0.0607. The van der Waals surface area contributed by atoms with E-state index >= 15 is 0 Å². The van der Waals surface area contributed by atoms with Crippen LogP contribution < -0.4 is 0 Å². The van der Waals surface area contributed by atoms with Crippen molar-refractivity contribution in [3.63, 3.8) is 0 Å². The molecule has 1 atom stereocenters. The topological polar surface area (TPSA) is 45.3 Å². The second kappa shape index (κ2) is 5.90. The molecule has 0 saturated carbocycles. The highest BCUT2D eigenvalue weighted by Gasteiger charge is 2.23. The van der Waals surface area contributed by atoms with Crippen LogP contribution in [0.5, 0.6) is 0 Å². The van der Waals surface area contributed by atoms with Gasteiger partial charge < -0.3 is 14.6 Å². The van der Waals surface area contributed by atoms with Crippen molar-refractivity contribution in [1.29, 1.82) is 0 Å². The lowest BCUT2D eigenvalue weighted by molar-refractivity contribution is -0.137. The second-order valence-corrected chi connectivity index (χ2v) is 6.20. The largest absolute Gasteiger partial charge is 0.465 e. The molecule has 112 valence electrons. The lowest BCUT2D eigenvalue weighted by Crippen LogP contribution is -2.14. The predicted molar refractivity (Wildman–Crippen MR) is 83.3 cm³/mol. The van der Waals surface area contributed by atoms with Crippen LogP contribution in [0.3, 0.4) is 0 Å². The maximum atomic E-state index is 11.2. The van der Waals surface area contributed by atoms with Gasteiger partial charge in [-0.25, -0.2) is 0 Å². The molecule has 2 heterocycles. The Morgan fingerprint density at radius 2 is 2.24 bits per heavy atom. The first-order valence-corrected chi connectivity index (χ1v) is 7.51. The summed E-state index contributed by atoms with van der Waals surface area (Å²) < 4.78 is 5.05. The molecular weight excluding hydrogens is 264 g/mol. The number of nitrogens with one attached hydrogen (secondary N) is 1. The van der Waals surface area contributed by atoms with E-state index in [2.05, 4.69) is 48.4 Å². The summed E-state index contributed by atoms with van der Waals surface area (Å²) in [4.78, 5) is 16.7. The summed E-state index contributed by atoms with van der Waals surface area (Å²) in [6.45, 7) is 1.61. The summed E-state index contributed by atoms with van der Waals surface area (Å²) in [5.41, 5.74) is 3.84. The number of likely N-dealkylation sites (N-methyl/N-ethyl adjacent to an activating group) is 1. The number of H-pyrrole nitrogens is 1. The van der Waals surface area contributed by atoms with Gasteiger partial charge in [0.25, 0.3) is 0 Å². The summed E-state index contributed by atoms with van der Waals surface area (Å²) in [6.07, 6.45) is 4.63. The van der Waals surface area contributed by atoms with Gasteiger partial charge in [0.15, 0.2) is 0 Å². The number of carbonyl (C=O) groups excluding carboxylic acids is 1. The van der Waals surface area contributed by atoms with Gasteiger partial charge in [-0.2, -0.15) is 0 Å². The third-order valence-electron chi connectivity index (χ3n) is 4.12. The van der Waals surface area contributed by atoms with Gasteiger partial charge in [0.05, 0.1) is 13.0 Å². The van der Waals surface area contributed by atoms with E-state index in [4.69, 9.17) is 4.74 Å². The van der Waals surface area contributed by atoms with Gasteiger partial charge in [-0.15, -0.1) is 0 Å². The Hall–Kier alpha value is -1.81. The van der Waals surface area contributed by atoms with Gasteiger partial charge >= 0.3 is 5.97 Å². The summed E-state index contributed by atoms with van der Waals surface area (Å²) in [7, 11) is 4.19. The second-order valence-electron chi connectivity index (χ2n) is 6.20. The van der Waals surface area contributed by atoms with Crippen LogP contribution in [-0.2, 0) is 22.4 Å². The zero-order valence-corrected chi connectivity index (χ0v) is 12.7. The molecule has 0 unspecified atom stereocenters. The van der Waals surface area contributed by atoms with Crippen LogP contribution in [0.1, 0.15) is 17.5 Å². The van der Waals surface area contributed by atoms with Crippen LogP contribution >= 0.6 is 0 Å². The van der Waals surface area contributed by atoms with Crippen LogP contribution in [0.2, 0.25) is 0 Å². The molecule has 2 aromatic rings. The molecule has 0 amide bonds. The van der Waals surface area contributed by atoms with Gasteiger partial charge in [0.2, 0.25) is 0 Å². The van der Waals surface area contributed by atoms with Crippen LogP contribution in [0.25, 0.3) is 10.9 Å². The Morgan fingerprint density at radius 3 is 2.95 bits per heavy atom. The van der Waals surface area contributed by atoms with Crippen molar-refractivity contribution in [2.45, 2.75) is 19.3 Å². The van der Waals surface area contributed by atoms with E-state index in [1.807, 2.05) is 0 Å². The third-order valence-corrected chi connectivity index (χ3v) is 4.12. The fourth-order valence-electron chi connectivity index (χ4n) is 2.93. The SMILES string of the molecule is CN(C)CCc1c[nH]c2ccc(C[C@H]3COC(=O)C3)cc12. The number of hydrogen-bond donors (Lipinski definition) is 1. The summed E-state index contributed by atoms with van der Waals surface area (Å²) >= 11 is 0. The zero-order chi connectivity index (χ0) is 14.8. The van der Waals surface area contributed by atoms with Gasteiger partial charge in [-0.05, 0) is 50.2 Å². The molecule has 0 spiro atoms. The molecule has 0 bridgehead atoms. The summed E-state index contributed by atoms with van der Waals surface area (Å²) in [5, 5.41) is 1.31. The normalized spacial score (nSPS) is 18.6. The first kappa shape index (κ1) is 14.1. The maximum absolute atomic E-state index is 11.2. The molecule has 1 N–H and O–H groups in total. The highest BCUT2D eigenvalue weighted by molar-refractivity contribution is 5.84. The number of aromatic nitrogens is 1. The fourth-order valence-corrected chi connectivity index (χ4v) is 2.93. The molecule has 1 aromatic carbocycles. The van der Waals surface area contributed by atoms with E-state index in [0.717, 1.165) is 19.4 Å². The van der Waals surface area contributed by atoms with Gasteiger partial charge in [0.1, 0.15) is 0 Å². The number of hydrogen-bond acceptors (Lipinski definition) is 3. The molecule has 3 rings (SSSR count). The molecule has 1 saturated heterocycles. The number of benzene rings is 1. The fraction of sp³-hybridized carbons (Fsp3) is 0.471. The molecule has 4 nitrogen and oxygen atoms in total. The molecule has 4 heteroatoms. The van der Waals surface area contributed by atoms with Gasteiger partial charge in [-0.3, -0.25) is 4.79 Å². The number of cyclic esters (lactones) is 1. The minimum atomic E-state index is -0.0607. The number of esters is 1.